The molecule has 1 aromatic heterocycles. The first kappa shape index (κ1) is 16.5. The Balaban J connectivity index is 2.00. The maximum absolute atomic E-state index is 11.3. The third-order valence-corrected chi connectivity index (χ3v) is 4.74. The number of primary sulfonamides is 1. The smallest absolute Gasteiger partial charge is 0.238 e. The van der Waals surface area contributed by atoms with Crippen LogP contribution in [0, 0.1) is 0 Å². The highest BCUT2D eigenvalue weighted by Crippen LogP contribution is 2.35. The number of aryl methyl sites for hydroxylation is 1. The van der Waals surface area contributed by atoms with E-state index in [2.05, 4.69) is 36.8 Å². The van der Waals surface area contributed by atoms with Gasteiger partial charge in [0, 0.05) is 18.9 Å². The van der Waals surface area contributed by atoms with Gasteiger partial charge >= 0.3 is 0 Å². The molecule has 2 rings (SSSR count). The van der Waals surface area contributed by atoms with Crippen LogP contribution in [0.2, 0.25) is 0 Å². The van der Waals surface area contributed by atoms with Gasteiger partial charge in [0.05, 0.1) is 26.8 Å². The Morgan fingerprint density at radius 2 is 1.95 bits per heavy atom. The quantitative estimate of drug-likeness (QED) is 0.702. The maximum Gasteiger partial charge on any atom is 0.238 e. The molecule has 0 unspecified atom stereocenters. The van der Waals surface area contributed by atoms with Crippen molar-refractivity contribution in [2.75, 3.05) is 6.61 Å². The van der Waals surface area contributed by atoms with Gasteiger partial charge in [-0.1, -0.05) is 0 Å². The zero-order chi connectivity index (χ0) is 15.5. The average molecular weight is 439 g/mol. The minimum atomic E-state index is -3.75. The topological polar surface area (TPSA) is 87.2 Å². The van der Waals surface area contributed by atoms with Crippen molar-refractivity contribution < 1.29 is 13.2 Å². The molecule has 0 saturated carbocycles. The van der Waals surface area contributed by atoms with Crippen LogP contribution in [0.4, 0.5) is 0 Å². The lowest BCUT2D eigenvalue weighted by molar-refractivity contribution is 0.298. The largest absolute Gasteiger partial charge is 0.491 e. The van der Waals surface area contributed by atoms with Gasteiger partial charge in [0.1, 0.15) is 5.75 Å². The summed E-state index contributed by atoms with van der Waals surface area (Å²) in [5.41, 5.74) is 0. The van der Waals surface area contributed by atoms with Crippen LogP contribution >= 0.6 is 31.9 Å². The van der Waals surface area contributed by atoms with Crippen LogP contribution in [0.25, 0.3) is 0 Å². The van der Waals surface area contributed by atoms with Gasteiger partial charge in [-0.15, -0.1) is 0 Å². The van der Waals surface area contributed by atoms with Gasteiger partial charge in [-0.3, -0.25) is 0 Å². The first-order chi connectivity index (χ1) is 9.88. The fourth-order valence-electron chi connectivity index (χ4n) is 1.68. The monoisotopic (exact) mass is 437 g/mol. The van der Waals surface area contributed by atoms with E-state index in [1.54, 1.807) is 12.5 Å². The number of aromatic nitrogens is 2. The SMILES string of the molecule is NS(=O)(=O)c1cc(Br)c(OCCCn2ccnc2)c(Br)c1. The van der Waals surface area contributed by atoms with E-state index in [9.17, 15) is 8.42 Å². The number of nitrogens with zero attached hydrogens (tertiary/aromatic N) is 2. The van der Waals surface area contributed by atoms with Crippen LogP contribution in [0.5, 0.6) is 5.75 Å². The van der Waals surface area contributed by atoms with Gasteiger partial charge in [-0.2, -0.15) is 0 Å². The molecular formula is C12H13Br2N3O3S. The zero-order valence-electron chi connectivity index (χ0n) is 10.9. The normalized spacial score (nSPS) is 11.6. The fourth-order valence-corrected chi connectivity index (χ4v) is 3.96. The molecule has 2 N–H and O–H groups in total. The number of rotatable bonds is 6. The Bertz CT molecular complexity index is 694. The Hall–Kier alpha value is -0.900. The molecule has 0 aliphatic rings. The summed E-state index contributed by atoms with van der Waals surface area (Å²) in [5.74, 6) is 0.549. The summed E-state index contributed by atoms with van der Waals surface area (Å²) in [6.07, 6.45) is 6.14. The van der Waals surface area contributed by atoms with Gasteiger partial charge in [-0.25, -0.2) is 18.5 Å². The van der Waals surface area contributed by atoms with E-state index in [-0.39, 0.29) is 4.90 Å². The predicted molar refractivity (Wildman–Crippen MR) is 85.6 cm³/mol. The van der Waals surface area contributed by atoms with Crippen LogP contribution in [0.15, 0.2) is 44.7 Å². The van der Waals surface area contributed by atoms with Gasteiger partial charge in [0.15, 0.2) is 0 Å². The van der Waals surface area contributed by atoms with Gasteiger partial charge in [0.25, 0.3) is 0 Å². The molecule has 0 fully saturated rings. The third kappa shape index (κ3) is 4.53. The van der Waals surface area contributed by atoms with Gasteiger partial charge in [-0.05, 0) is 50.4 Å². The standard InChI is InChI=1S/C12H13Br2N3O3S/c13-10-6-9(21(15,18)19)7-11(14)12(10)20-5-1-3-17-4-2-16-8-17/h2,4,6-8H,1,3,5H2,(H2,15,18,19). The van der Waals surface area contributed by atoms with E-state index >= 15 is 0 Å². The second kappa shape index (κ2) is 6.91. The summed E-state index contributed by atoms with van der Waals surface area (Å²) < 4.78 is 31.3. The molecular weight excluding hydrogens is 426 g/mol. The number of halogens is 2. The van der Waals surface area contributed by atoms with Crippen molar-refractivity contribution in [2.24, 2.45) is 5.14 Å². The molecule has 0 amide bonds. The predicted octanol–water partition coefficient (Wildman–Crippen LogP) is 2.52. The van der Waals surface area contributed by atoms with E-state index in [0.717, 1.165) is 13.0 Å². The molecule has 6 nitrogen and oxygen atoms in total. The van der Waals surface area contributed by atoms with Crippen molar-refractivity contribution in [3.8, 4) is 5.75 Å². The van der Waals surface area contributed by atoms with Gasteiger partial charge < -0.3 is 9.30 Å². The first-order valence-corrected chi connectivity index (χ1v) is 9.11. The van der Waals surface area contributed by atoms with Crippen molar-refractivity contribution in [1.29, 1.82) is 0 Å². The van der Waals surface area contributed by atoms with Crippen molar-refractivity contribution in [1.82, 2.24) is 9.55 Å². The summed E-state index contributed by atoms with van der Waals surface area (Å²) in [4.78, 5) is 3.98. The molecule has 0 bridgehead atoms. The van der Waals surface area contributed by atoms with Crippen LogP contribution < -0.4 is 9.88 Å². The highest BCUT2D eigenvalue weighted by molar-refractivity contribution is 9.11. The summed E-state index contributed by atoms with van der Waals surface area (Å²) >= 11 is 6.58. The molecule has 0 spiro atoms. The van der Waals surface area contributed by atoms with Crippen molar-refractivity contribution in [3.63, 3.8) is 0 Å². The molecule has 1 aromatic carbocycles. The lowest BCUT2D eigenvalue weighted by Gasteiger charge is -2.12. The number of sulfonamides is 1. The van der Waals surface area contributed by atoms with Crippen LogP contribution in [-0.4, -0.2) is 24.6 Å². The number of imidazole rings is 1. The molecule has 1 heterocycles. The Kier molecular flexibility index (Phi) is 5.42. The lowest BCUT2D eigenvalue weighted by Crippen LogP contribution is -2.12. The summed E-state index contributed by atoms with van der Waals surface area (Å²) in [6, 6.07) is 2.84. The second-order valence-electron chi connectivity index (χ2n) is 4.26. The van der Waals surface area contributed by atoms with E-state index in [1.807, 2.05) is 10.8 Å². The molecule has 0 aliphatic carbocycles. The minimum Gasteiger partial charge on any atom is -0.491 e. The Labute approximate surface area is 139 Å². The molecule has 0 aliphatic heterocycles. The third-order valence-electron chi connectivity index (χ3n) is 2.67. The van der Waals surface area contributed by atoms with E-state index in [4.69, 9.17) is 9.88 Å². The summed E-state index contributed by atoms with van der Waals surface area (Å²) in [6.45, 7) is 1.29. The van der Waals surface area contributed by atoms with E-state index < -0.39 is 10.0 Å². The number of nitrogens with two attached hydrogens (primary N) is 1. The first-order valence-electron chi connectivity index (χ1n) is 5.98. The zero-order valence-corrected chi connectivity index (χ0v) is 14.9. The molecule has 0 radical (unpaired) electrons. The fraction of sp³-hybridized carbons (Fsp3) is 0.250. The van der Waals surface area contributed by atoms with Crippen molar-refractivity contribution >= 4 is 41.9 Å². The van der Waals surface area contributed by atoms with E-state index in [1.165, 1.54) is 12.1 Å². The van der Waals surface area contributed by atoms with E-state index in [0.29, 0.717) is 21.3 Å². The number of ether oxygens (including phenoxy) is 1. The van der Waals surface area contributed by atoms with Crippen LogP contribution in [0.1, 0.15) is 6.42 Å². The number of hydrogen-bond acceptors (Lipinski definition) is 4. The molecule has 0 saturated heterocycles. The second-order valence-corrected chi connectivity index (χ2v) is 7.53. The van der Waals surface area contributed by atoms with Crippen molar-refractivity contribution in [3.05, 3.63) is 39.8 Å². The molecule has 114 valence electrons. The van der Waals surface area contributed by atoms with Crippen molar-refractivity contribution in [2.45, 2.75) is 17.9 Å². The van der Waals surface area contributed by atoms with Crippen LogP contribution in [-0.2, 0) is 16.6 Å². The Morgan fingerprint density at radius 1 is 1.29 bits per heavy atom. The summed E-state index contributed by atoms with van der Waals surface area (Å²) in [5, 5.41) is 5.10. The molecule has 0 atom stereocenters. The molecule has 9 heteroatoms. The van der Waals surface area contributed by atoms with Crippen LogP contribution in [0.3, 0.4) is 0 Å². The number of hydrogen-bond donors (Lipinski definition) is 1. The van der Waals surface area contributed by atoms with Gasteiger partial charge in [0.2, 0.25) is 10.0 Å². The maximum atomic E-state index is 11.3. The number of benzene rings is 1. The molecule has 21 heavy (non-hydrogen) atoms. The molecule has 2 aromatic rings. The highest BCUT2D eigenvalue weighted by atomic mass is 79.9. The average Bonchev–Trinajstić information content (AvgIpc) is 2.88. The highest BCUT2D eigenvalue weighted by Gasteiger charge is 2.15. The summed E-state index contributed by atoms with van der Waals surface area (Å²) in [7, 11) is -3.75. The Morgan fingerprint density at radius 3 is 2.48 bits per heavy atom. The minimum absolute atomic E-state index is 0.0204. The lowest BCUT2D eigenvalue weighted by atomic mass is 10.3.